The minimum absolute atomic E-state index is 0.0172. The molecule has 0 saturated heterocycles. The van der Waals surface area contributed by atoms with Crippen molar-refractivity contribution in [1.29, 1.82) is 0 Å². The van der Waals surface area contributed by atoms with Crippen molar-refractivity contribution in [3.05, 3.63) is 0 Å². The summed E-state index contributed by atoms with van der Waals surface area (Å²) in [6, 6.07) is 0. The molecule has 90 valence electrons. The van der Waals surface area contributed by atoms with Crippen LogP contribution in [0.2, 0.25) is 0 Å². The lowest BCUT2D eigenvalue weighted by Crippen LogP contribution is -2.26. The highest BCUT2D eigenvalue weighted by Crippen LogP contribution is 2.29. The molecule has 0 unspecified atom stereocenters. The molecular formula is C13H26O2. The summed E-state index contributed by atoms with van der Waals surface area (Å²) in [5.74, 6) is 1.57. The maximum absolute atomic E-state index is 5.83. The van der Waals surface area contributed by atoms with E-state index < -0.39 is 0 Å². The number of methoxy groups -OCH3 is 1. The molecule has 1 aliphatic rings. The summed E-state index contributed by atoms with van der Waals surface area (Å²) in [5, 5.41) is 0. The largest absolute Gasteiger partial charge is 0.384 e. The number of hydrogen-bond donors (Lipinski definition) is 0. The first-order chi connectivity index (χ1) is 7.01. The zero-order valence-corrected chi connectivity index (χ0v) is 10.7. The Hall–Kier alpha value is -0.0800. The Kier molecular flexibility index (Phi) is 5.07. The lowest BCUT2D eigenvalue weighted by atomic mass is 9.83. The normalized spacial score (nSPS) is 28.0. The summed E-state index contributed by atoms with van der Waals surface area (Å²) in [4.78, 5) is 0. The van der Waals surface area contributed by atoms with Crippen LogP contribution in [-0.2, 0) is 9.47 Å². The molecule has 2 nitrogen and oxygen atoms in total. The topological polar surface area (TPSA) is 18.5 Å². The van der Waals surface area contributed by atoms with Crippen LogP contribution in [0.1, 0.15) is 46.5 Å². The van der Waals surface area contributed by atoms with Crippen LogP contribution in [0.4, 0.5) is 0 Å². The molecule has 0 aliphatic heterocycles. The van der Waals surface area contributed by atoms with E-state index in [4.69, 9.17) is 9.47 Å². The van der Waals surface area contributed by atoms with Gasteiger partial charge in [-0.05, 0) is 58.3 Å². The van der Waals surface area contributed by atoms with Crippen molar-refractivity contribution in [2.24, 2.45) is 11.8 Å². The smallest absolute Gasteiger partial charge is 0.0598 e. The van der Waals surface area contributed by atoms with Crippen molar-refractivity contribution in [3.63, 3.8) is 0 Å². The van der Waals surface area contributed by atoms with Gasteiger partial charge >= 0.3 is 0 Å². The summed E-state index contributed by atoms with van der Waals surface area (Å²) in [7, 11) is 1.80. The minimum atomic E-state index is 0.0172. The molecule has 0 N–H and O–H groups in total. The molecule has 1 saturated carbocycles. The van der Waals surface area contributed by atoms with E-state index in [2.05, 4.69) is 20.8 Å². The Morgan fingerprint density at radius 2 is 1.40 bits per heavy atom. The van der Waals surface area contributed by atoms with Crippen molar-refractivity contribution in [1.82, 2.24) is 0 Å². The highest BCUT2D eigenvalue weighted by atomic mass is 16.5. The molecule has 0 aromatic carbocycles. The van der Waals surface area contributed by atoms with Gasteiger partial charge in [0.2, 0.25) is 0 Å². The second-order valence-electron chi connectivity index (χ2n) is 5.77. The molecule has 15 heavy (non-hydrogen) atoms. The van der Waals surface area contributed by atoms with Crippen molar-refractivity contribution < 1.29 is 9.47 Å². The lowest BCUT2D eigenvalue weighted by molar-refractivity contribution is -0.0321. The van der Waals surface area contributed by atoms with Crippen LogP contribution in [0.5, 0.6) is 0 Å². The van der Waals surface area contributed by atoms with Crippen LogP contribution in [0.25, 0.3) is 0 Å². The molecule has 0 amide bonds. The fraction of sp³-hybridized carbons (Fsp3) is 1.00. The molecule has 0 atom stereocenters. The molecule has 1 rings (SSSR count). The highest BCUT2D eigenvalue weighted by molar-refractivity contribution is 4.73. The second-order valence-corrected chi connectivity index (χ2v) is 5.77. The van der Waals surface area contributed by atoms with E-state index in [0.29, 0.717) is 0 Å². The van der Waals surface area contributed by atoms with Crippen molar-refractivity contribution in [3.8, 4) is 0 Å². The molecule has 0 aromatic heterocycles. The predicted molar refractivity (Wildman–Crippen MR) is 63.0 cm³/mol. The van der Waals surface area contributed by atoms with Gasteiger partial charge in [0.1, 0.15) is 0 Å². The average molecular weight is 214 g/mol. The van der Waals surface area contributed by atoms with E-state index in [1.807, 2.05) is 0 Å². The molecule has 2 heteroatoms. The van der Waals surface area contributed by atoms with Gasteiger partial charge in [0, 0.05) is 13.7 Å². The molecule has 0 bridgehead atoms. The molecule has 0 heterocycles. The summed E-state index contributed by atoms with van der Waals surface area (Å²) >= 11 is 0. The van der Waals surface area contributed by atoms with Crippen LogP contribution in [0.3, 0.4) is 0 Å². The third-order valence-electron chi connectivity index (χ3n) is 3.12. The molecule has 0 spiro atoms. The van der Waals surface area contributed by atoms with Crippen molar-refractivity contribution >= 4 is 0 Å². The van der Waals surface area contributed by atoms with Crippen molar-refractivity contribution in [2.45, 2.75) is 52.1 Å². The fourth-order valence-corrected chi connectivity index (χ4v) is 2.17. The van der Waals surface area contributed by atoms with Crippen LogP contribution in [0.15, 0.2) is 0 Å². The van der Waals surface area contributed by atoms with Gasteiger partial charge in [0.05, 0.1) is 12.2 Å². The van der Waals surface area contributed by atoms with E-state index >= 15 is 0 Å². The first-order valence-corrected chi connectivity index (χ1v) is 6.14. The third-order valence-corrected chi connectivity index (χ3v) is 3.12. The van der Waals surface area contributed by atoms with Gasteiger partial charge < -0.3 is 9.47 Å². The zero-order chi connectivity index (χ0) is 11.3. The van der Waals surface area contributed by atoms with Gasteiger partial charge in [-0.3, -0.25) is 0 Å². The van der Waals surface area contributed by atoms with Crippen LogP contribution in [-0.4, -0.2) is 25.9 Å². The Labute approximate surface area is 94.3 Å². The third kappa shape index (κ3) is 5.53. The Balaban J connectivity index is 2.15. The second kappa shape index (κ2) is 5.86. The maximum Gasteiger partial charge on any atom is 0.0598 e. The first-order valence-electron chi connectivity index (χ1n) is 6.14. The van der Waals surface area contributed by atoms with E-state index in [1.54, 1.807) is 7.11 Å². The number of hydrogen-bond acceptors (Lipinski definition) is 2. The number of rotatable bonds is 4. The minimum Gasteiger partial charge on any atom is -0.384 e. The van der Waals surface area contributed by atoms with E-state index in [0.717, 1.165) is 25.0 Å². The van der Waals surface area contributed by atoms with Crippen LogP contribution < -0.4 is 0 Å². The predicted octanol–water partition coefficient (Wildman–Crippen LogP) is 3.25. The molecule has 1 fully saturated rings. The lowest BCUT2D eigenvalue weighted by Gasteiger charge is -2.30. The molecular weight excluding hydrogens is 188 g/mol. The van der Waals surface area contributed by atoms with Crippen molar-refractivity contribution in [2.75, 3.05) is 20.3 Å². The summed E-state index contributed by atoms with van der Waals surface area (Å²) in [6.07, 6.45) is 5.24. The Bertz CT molecular complexity index is 164. The standard InChI is InChI=1S/C13H26O2/c1-13(2,3)15-10-12-7-5-11(6-8-12)9-14-4/h11-12H,5-10H2,1-4H3. The van der Waals surface area contributed by atoms with E-state index in [1.165, 1.54) is 25.7 Å². The molecule has 1 aliphatic carbocycles. The Morgan fingerprint density at radius 1 is 0.933 bits per heavy atom. The van der Waals surface area contributed by atoms with E-state index in [-0.39, 0.29) is 5.60 Å². The summed E-state index contributed by atoms with van der Waals surface area (Å²) in [5.41, 5.74) is 0.0172. The van der Waals surface area contributed by atoms with Gasteiger partial charge in [0.25, 0.3) is 0 Å². The summed E-state index contributed by atoms with van der Waals surface area (Å²) in [6.45, 7) is 8.26. The fourth-order valence-electron chi connectivity index (χ4n) is 2.17. The Morgan fingerprint density at radius 3 is 1.80 bits per heavy atom. The van der Waals surface area contributed by atoms with Gasteiger partial charge in [-0.1, -0.05) is 0 Å². The maximum atomic E-state index is 5.83. The van der Waals surface area contributed by atoms with Gasteiger partial charge in [-0.15, -0.1) is 0 Å². The van der Waals surface area contributed by atoms with Crippen LogP contribution >= 0.6 is 0 Å². The first kappa shape index (κ1) is 13.0. The molecule has 0 aromatic rings. The van der Waals surface area contributed by atoms with Crippen LogP contribution in [0, 0.1) is 11.8 Å². The van der Waals surface area contributed by atoms with Gasteiger partial charge in [-0.25, -0.2) is 0 Å². The number of ether oxygens (including phenoxy) is 2. The SMILES string of the molecule is COCC1CCC(COC(C)(C)C)CC1. The highest BCUT2D eigenvalue weighted by Gasteiger charge is 2.22. The monoisotopic (exact) mass is 214 g/mol. The average Bonchev–Trinajstić information content (AvgIpc) is 2.16. The van der Waals surface area contributed by atoms with Gasteiger partial charge in [-0.2, -0.15) is 0 Å². The zero-order valence-electron chi connectivity index (χ0n) is 10.7. The molecule has 0 radical (unpaired) electrons. The van der Waals surface area contributed by atoms with Gasteiger partial charge in [0.15, 0.2) is 0 Å². The quantitative estimate of drug-likeness (QED) is 0.715. The van der Waals surface area contributed by atoms with E-state index in [9.17, 15) is 0 Å². The summed E-state index contributed by atoms with van der Waals surface area (Å²) < 4.78 is 11.0.